The summed E-state index contributed by atoms with van der Waals surface area (Å²) < 4.78 is 0. The highest BCUT2D eigenvalue weighted by Gasteiger charge is 2.34. The highest BCUT2D eigenvalue weighted by atomic mass is 16.4. The Kier molecular flexibility index (Phi) is 0.982. The van der Waals surface area contributed by atoms with Crippen LogP contribution in [0.15, 0.2) is 23.3 Å². The molecule has 1 fully saturated rings. The van der Waals surface area contributed by atoms with E-state index in [1.165, 1.54) is 0 Å². The van der Waals surface area contributed by atoms with Gasteiger partial charge < -0.3 is 5.11 Å². The van der Waals surface area contributed by atoms with Gasteiger partial charge in [0.15, 0.2) is 0 Å². The summed E-state index contributed by atoms with van der Waals surface area (Å²) in [7, 11) is 0. The molecule has 2 bridgehead atoms. The lowest BCUT2D eigenvalue weighted by Gasteiger charge is -2.00. The molecule has 10 heavy (non-hydrogen) atoms. The van der Waals surface area contributed by atoms with Gasteiger partial charge in [0.2, 0.25) is 0 Å². The molecular weight excluding hydrogens is 128 g/mol. The summed E-state index contributed by atoms with van der Waals surface area (Å²) in [5.74, 6) is -0.938. The standard InChI is InChI=1S/C8H8O2/c9-8(10)7-5-1-2-6(7)4-3-5/h1-2,7H,3-4H2,(H,9,10). The topological polar surface area (TPSA) is 37.3 Å². The van der Waals surface area contributed by atoms with Crippen molar-refractivity contribution in [2.45, 2.75) is 12.8 Å². The smallest absolute Gasteiger partial charge is 0.314 e. The van der Waals surface area contributed by atoms with Crippen LogP contribution in [0.5, 0.6) is 0 Å². The molecule has 52 valence electrons. The SMILES string of the molecule is O=C(O)C1C2=CC=C1CC2. The number of hydrogen-bond donors (Lipinski definition) is 1. The zero-order chi connectivity index (χ0) is 7.14. The fraction of sp³-hybridized carbons (Fsp3) is 0.375. The summed E-state index contributed by atoms with van der Waals surface area (Å²) in [5.41, 5.74) is 2.17. The molecule has 2 heteroatoms. The van der Waals surface area contributed by atoms with Gasteiger partial charge in [0.05, 0.1) is 5.92 Å². The van der Waals surface area contributed by atoms with Crippen molar-refractivity contribution in [2.75, 3.05) is 0 Å². The highest BCUT2D eigenvalue weighted by molar-refractivity contribution is 5.80. The fourth-order valence-corrected chi connectivity index (χ4v) is 1.71. The van der Waals surface area contributed by atoms with Crippen LogP contribution in [0.4, 0.5) is 0 Å². The van der Waals surface area contributed by atoms with Crippen LogP contribution in [0.3, 0.4) is 0 Å². The zero-order valence-electron chi connectivity index (χ0n) is 5.50. The summed E-state index contributed by atoms with van der Waals surface area (Å²) >= 11 is 0. The molecule has 2 rings (SSSR count). The van der Waals surface area contributed by atoms with E-state index in [4.69, 9.17) is 5.11 Å². The highest BCUT2D eigenvalue weighted by Crippen LogP contribution is 2.40. The van der Waals surface area contributed by atoms with E-state index in [9.17, 15) is 4.79 Å². The first-order valence-electron chi connectivity index (χ1n) is 3.41. The fourth-order valence-electron chi connectivity index (χ4n) is 1.71. The molecule has 0 heterocycles. The van der Waals surface area contributed by atoms with Gasteiger partial charge in [-0.3, -0.25) is 4.79 Å². The van der Waals surface area contributed by atoms with E-state index >= 15 is 0 Å². The maximum Gasteiger partial charge on any atom is 0.314 e. The molecule has 2 aliphatic rings. The van der Waals surface area contributed by atoms with Gasteiger partial charge in [-0.05, 0) is 12.8 Å². The van der Waals surface area contributed by atoms with Crippen LogP contribution in [0.25, 0.3) is 0 Å². The Morgan fingerprint density at radius 3 is 2.10 bits per heavy atom. The number of aliphatic carboxylic acids is 1. The molecule has 0 aromatic heterocycles. The maximum atomic E-state index is 10.6. The normalized spacial score (nSPS) is 22.8. The summed E-state index contributed by atoms with van der Waals surface area (Å²) in [6.07, 6.45) is 5.81. The van der Waals surface area contributed by atoms with Crippen molar-refractivity contribution in [3.63, 3.8) is 0 Å². The third kappa shape index (κ3) is 0.561. The van der Waals surface area contributed by atoms with Gasteiger partial charge in [0.1, 0.15) is 0 Å². The Bertz CT molecular complexity index is 228. The Morgan fingerprint density at radius 2 is 1.90 bits per heavy atom. The second-order valence-electron chi connectivity index (χ2n) is 2.75. The molecule has 0 aromatic rings. The minimum Gasteiger partial charge on any atom is -0.481 e. The summed E-state index contributed by atoms with van der Waals surface area (Å²) in [5, 5.41) is 8.71. The molecule has 0 unspecified atom stereocenters. The minimum absolute atomic E-state index is 0.250. The quantitative estimate of drug-likeness (QED) is 0.590. The molecule has 1 saturated carbocycles. The van der Waals surface area contributed by atoms with E-state index in [1.807, 2.05) is 12.2 Å². The number of hydrogen-bond acceptors (Lipinski definition) is 1. The van der Waals surface area contributed by atoms with E-state index in [0.717, 1.165) is 24.0 Å². The molecule has 0 spiro atoms. The van der Waals surface area contributed by atoms with Gasteiger partial charge in [-0.2, -0.15) is 0 Å². The van der Waals surface area contributed by atoms with Crippen molar-refractivity contribution in [1.82, 2.24) is 0 Å². The van der Waals surface area contributed by atoms with Gasteiger partial charge in [-0.15, -0.1) is 0 Å². The average molecular weight is 136 g/mol. The van der Waals surface area contributed by atoms with E-state index in [2.05, 4.69) is 0 Å². The van der Waals surface area contributed by atoms with Gasteiger partial charge >= 0.3 is 5.97 Å². The van der Waals surface area contributed by atoms with Crippen molar-refractivity contribution in [3.05, 3.63) is 23.3 Å². The number of fused-ring (bicyclic) bond motifs is 2. The van der Waals surface area contributed by atoms with E-state index in [1.54, 1.807) is 0 Å². The summed E-state index contributed by atoms with van der Waals surface area (Å²) in [6, 6.07) is 0. The number of rotatable bonds is 1. The number of carbonyl (C=O) groups is 1. The van der Waals surface area contributed by atoms with E-state index in [-0.39, 0.29) is 5.92 Å². The number of carboxylic acids is 1. The molecule has 0 aromatic carbocycles. The van der Waals surface area contributed by atoms with Crippen LogP contribution in [0.2, 0.25) is 0 Å². The van der Waals surface area contributed by atoms with E-state index < -0.39 is 5.97 Å². The molecule has 0 atom stereocenters. The lowest BCUT2D eigenvalue weighted by molar-refractivity contribution is -0.138. The number of carboxylic acid groups (broad SMARTS) is 1. The first kappa shape index (κ1) is 5.71. The molecule has 0 aliphatic heterocycles. The lowest BCUT2D eigenvalue weighted by Crippen LogP contribution is -2.10. The van der Waals surface area contributed by atoms with Crippen molar-refractivity contribution in [1.29, 1.82) is 0 Å². The second kappa shape index (κ2) is 1.72. The third-order valence-corrected chi connectivity index (χ3v) is 2.20. The van der Waals surface area contributed by atoms with Crippen molar-refractivity contribution in [2.24, 2.45) is 5.92 Å². The van der Waals surface area contributed by atoms with Crippen LogP contribution >= 0.6 is 0 Å². The molecule has 1 N–H and O–H groups in total. The molecular formula is C8H8O2. The summed E-state index contributed by atoms with van der Waals surface area (Å²) in [6.45, 7) is 0. The molecule has 2 nitrogen and oxygen atoms in total. The first-order chi connectivity index (χ1) is 4.79. The van der Waals surface area contributed by atoms with Crippen LogP contribution in [-0.4, -0.2) is 11.1 Å². The van der Waals surface area contributed by atoms with Gasteiger partial charge in [-0.25, -0.2) is 0 Å². The first-order valence-corrected chi connectivity index (χ1v) is 3.41. The number of allylic oxidation sites excluding steroid dienone is 2. The van der Waals surface area contributed by atoms with Gasteiger partial charge in [0, 0.05) is 0 Å². The molecule has 0 amide bonds. The zero-order valence-corrected chi connectivity index (χ0v) is 5.50. The van der Waals surface area contributed by atoms with Crippen molar-refractivity contribution >= 4 is 5.97 Å². The molecule has 0 saturated heterocycles. The third-order valence-electron chi connectivity index (χ3n) is 2.20. The van der Waals surface area contributed by atoms with Crippen molar-refractivity contribution < 1.29 is 9.90 Å². The molecule has 2 aliphatic carbocycles. The second-order valence-corrected chi connectivity index (χ2v) is 2.75. The van der Waals surface area contributed by atoms with Crippen LogP contribution in [0, 0.1) is 5.92 Å². The summed E-state index contributed by atoms with van der Waals surface area (Å²) in [4.78, 5) is 10.6. The largest absolute Gasteiger partial charge is 0.481 e. The minimum atomic E-state index is -0.688. The predicted molar refractivity (Wildman–Crippen MR) is 36.5 cm³/mol. The Balaban J connectivity index is 2.35. The lowest BCUT2D eigenvalue weighted by atomic mass is 10.1. The van der Waals surface area contributed by atoms with Crippen LogP contribution < -0.4 is 0 Å². The predicted octanol–water partition coefficient (Wildman–Crippen LogP) is 1.35. The van der Waals surface area contributed by atoms with Gasteiger partial charge in [-0.1, -0.05) is 23.3 Å². The van der Waals surface area contributed by atoms with Crippen LogP contribution in [-0.2, 0) is 4.79 Å². The Morgan fingerprint density at radius 1 is 1.40 bits per heavy atom. The van der Waals surface area contributed by atoms with E-state index in [0.29, 0.717) is 0 Å². The Labute approximate surface area is 58.9 Å². The monoisotopic (exact) mass is 136 g/mol. The van der Waals surface area contributed by atoms with Crippen LogP contribution in [0.1, 0.15) is 12.8 Å². The van der Waals surface area contributed by atoms with Crippen molar-refractivity contribution in [3.8, 4) is 0 Å². The average Bonchev–Trinajstić information content (AvgIpc) is 2.43. The Hall–Kier alpha value is -1.05. The van der Waals surface area contributed by atoms with Gasteiger partial charge in [0.25, 0.3) is 0 Å². The molecule has 0 radical (unpaired) electrons. The maximum absolute atomic E-state index is 10.6.